The summed E-state index contributed by atoms with van der Waals surface area (Å²) in [4.78, 5) is 62.2. The number of hydroxylamine groups is 2. The van der Waals surface area contributed by atoms with E-state index in [1.54, 1.807) is 6.08 Å². The van der Waals surface area contributed by atoms with Crippen molar-refractivity contribution >= 4 is 17.7 Å². The Morgan fingerprint density at radius 3 is 1.83 bits per heavy atom. The fourth-order valence-corrected chi connectivity index (χ4v) is 3.79. The largest absolute Gasteiger partial charge is 0.425 e. The normalized spacial score (nSPS) is 12.7. The van der Waals surface area contributed by atoms with Gasteiger partial charge in [0.05, 0.1) is 5.70 Å². The highest BCUT2D eigenvalue weighted by Crippen LogP contribution is 2.14. The summed E-state index contributed by atoms with van der Waals surface area (Å²) in [5.41, 5.74) is -1.70. The molecule has 0 unspecified atom stereocenters. The monoisotopic (exact) mass is 569 g/mol. The Hall–Kier alpha value is -5.15. The summed E-state index contributed by atoms with van der Waals surface area (Å²) in [6.07, 6.45) is 4.99. The van der Waals surface area contributed by atoms with Gasteiger partial charge in [-0.05, 0) is 37.3 Å². The number of nitrogens with one attached hydrogen (secondary N) is 3. The average Bonchev–Trinajstić information content (AvgIpc) is 2.94. The molecule has 0 atom stereocenters. The van der Waals surface area contributed by atoms with Crippen LogP contribution in [0.4, 0.5) is 0 Å². The standard InChI is InChI=1S/C26H31N7O8/c1-18-6-2-7-19(31(18)39)24(36)28-13-16-30(17-14-29-26(38)21-9-4-11-23(35)33(21)41)15-5-12-27-25(37)20-8-3-10-22(34)32(20)40/h2-4,6-11,39-41H,1,5,12-17H2,(H,27,37)(H,28,36)(H,29,38). The first kappa shape index (κ1) is 30.4. The highest BCUT2D eigenvalue weighted by molar-refractivity contribution is 5.94. The van der Waals surface area contributed by atoms with Crippen LogP contribution in [0.5, 0.6) is 0 Å². The number of aromatic nitrogens is 2. The third-order valence-corrected chi connectivity index (χ3v) is 5.96. The number of allylic oxidation sites excluding steroid dienone is 3. The van der Waals surface area contributed by atoms with E-state index in [0.717, 1.165) is 12.1 Å². The van der Waals surface area contributed by atoms with Crippen LogP contribution >= 0.6 is 0 Å². The topological polar surface area (TPSA) is 198 Å². The van der Waals surface area contributed by atoms with E-state index in [0.29, 0.717) is 31.1 Å². The van der Waals surface area contributed by atoms with E-state index < -0.39 is 28.8 Å². The van der Waals surface area contributed by atoms with Crippen molar-refractivity contribution in [1.82, 2.24) is 35.4 Å². The van der Waals surface area contributed by atoms with Crippen molar-refractivity contribution < 1.29 is 30.0 Å². The Morgan fingerprint density at radius 1 is 0.756 bits per heavy atom. The highest BCUT2D eigenvalue weighted by atomic mass is 16.5. The van der Waals surface area contributed by atoms with E-state index in [9.17, 15) is 39.6 Å². The second-order valence-corrected chi connectivity index (χ2v) is 8.80. The second-order valence-electron chi connectivity index (χ2n) is 8.80. The number of amides is 3. The van der Waals surface area contributed by atoms with Gasteiger partial charge >= 0.3 is 0 Å². The number of nitrogens with zero attached hydrogens (tertiary/aromatic N) is 4. The fourth-order valence-electron chi connectivity index (χ4n) is 3.79. The lowest BCUT2D eigenvalue weighted by Crippen LogP contribution is -2.42. The molecule has 0 saturated heterocycles. The quantitative estimate of drug-likeness (QED) is 0.130. The predicted molar refractivity (Wildman–Crippen MR) is 144 cm³/mol. The number of carbonyl (C=O) groups excluding carboxylic acids is 3. The van der Waals surface area contributed by atoms with Crippen LogP contribution in [-0.2, 0) is 4.79 Å². The lowest BCUT2D eigenvalue weighted by molar-refractivity contribution is -0.123. The molecule has 1 aliphatic heterocycles. The average molecular weight is 570 g/mol. The van der Waals surface area contributed by atoms with Gasteiger partial charge in [-0.3, -0.25) is 34.1 Å². The van der Waals surface area contributed by atoms with Crippen LogP contribution in [0.1, 0.15) is 27.4 Å². The van der Waals surface area contributed by atoms with Crippen molar-refractivity contribution in [2.24, 2.45) is 0 Å². The molecule has 1 aliphatic rings. The number of pyridine rings is 2. The first-order valence-corrected chi connectivity index (χ1v) is 12.6. The molecule has 2 aromatic rings. The van der Waals surface area contributed by atoms with Crippen LogP contribution in [0.25, 0.3) is 0 Å². The van der Waals surface area contributed by atoms with Crippen molar-refractivity contribution in [1.29, 1.82) is 0 Å². The maximum Gasteiger partial charge on any atom is 0.283 e. The summed E-state index contributed by atoms with van der Waals surface area (Å²) < 4.78 is 0.504. The van der Waals surface area contributed by atoms with Crippen LogP contribution in [0.2, 0.25) is 0 Å². The first-order chi connectivity index (χ1) is 19.6. The van der Waals surface area contributed by atoms with Gasteiger partial charge in [-0.2, -0.15) is 0 Å². The first-order valence-electron chi connectivity index (χ1n) is 12.6. The molecule has 0 bridgehead atoms. The van der Waals surface area contributed by atoms with Crippen LogP contribution < -0.4 is 27.1 Å². The molecule has 0 spiro atoms. The Morgan fingerprint density at radius 2 is 1.27 bits per heavy atom. The van der Waals surface area contributed by atoms with Gasteiger partial charge in [-0.25, -0.2) is 5.06 Å². The summed E-state index contributed by atoms with van der Waals surface area (Å²) in [5.74, 6) is -1.83. The summed E-state index contributed by atoms with van der Waals surface area (Å²) in [7, 11) is 0. The minimum atomic E-state index is -0.751. The van der Waals surface area contributed by atoms with E-state index in [1.165, 1.54) is 36.4 Å². The van der Waals surface area contributed by atoms with Gasteiger partial charge in [0.25, 0.3) is 28.8 Å². The van der Waals surface area contributed by atoms with Crippen LogP contribution in [0.3, 0.4) is 0 Å². The van der Waals surface area contributed by atoms with Gasteiger partial charge < -0.3 is 26.4 Å². The Balaban J connectivity index is 1.54. The lowest BCUT2D eigenvalue weighted by Gasteiger charge is -2.24. The zero-order valence-corrected chi connectivity index (χ0v) is 22.0. The van der Waals surface area contributed by atoms with Crippen molar-refractivity contribution in [3.05, 3.63) is 105 Å². The van der Waals surface area contributed by atoms with Gasteiger partial charge in [-0.15, -0.1) is 9.46 Å². The van der Waals surface area contributed by atoms with Gasteiger partial charge in [0.15, 0.2) is 0 Å². The lowest BCUT2D eigenvalue weighted by atomic mass is 10.2. The second kappa shape index (κ2) is 14.3. The van der Waals surface area contributed by atoms with Crippen LogP contribution in [0.15, 0.2) is 82.2 Å². The summed E-state index contributed by atoms with van der Waals surface area (Å²) in [6, 6.07) is 7.51. The maximum absolute atomic E-state index is 12.5. The van der Waals surface area contributed by atoms with Crippen molar-refractivity contribution in [2.75, 3.05) is 39.3 Å². The molecule has 15 heteroatoms. The number of rotatable bonds is 13. The molecule has 0 aliphatic carbocycles. The van der Waals surface area contributed by atoms with Gasteiger partial charge in [0, 0.05) is 44.9 Å². The molecule has 218 valence electrons. The van der Waals surface area contributed by atoms with Crippen molar-refractivity contribution in [2.45, 2.75) is 6.42 Å². The molecular weight excluding hydrogens is 538 g/mol. The zero-order chi connectivity index (χ0) is 29.9. The molecule has 2 aromatic heterocycles. The van der Waals surface area contributed by atoms with E-state index >= 15 is 0 Å². The molecule has 41 heavy (non-hydrogen) atoms. The number of hydrogen-bond donors (Lipinski definition) is 6. The molecule has 15 nitrogen and oxygen atoms in total. The third-order valence-electron chi connectivity index (χ3n) is 5.96. The summed E-state index contributed by atoms with van der Waals surface area (Å²) in [6.45, 7) is 5.18. The summed E-state index contributed by atoms with van der Waals surface area (Å²) in [5, 5.41) is 38.1. The molecular formula is C26H31N7O8. The Kier molecular flexibility index (Phi) is 10.6. The van der Waals surface area contributed by atoms with E-state index in [-0.39, 0.29) is 51.9 Å². The van der Waals surface area contributed by atoms with Gasteiger partial charge in [-0.1, -0.05) is 24.8 Å². The van der Waals surface area contributed by atoms with Crippen molar-refractivity contribution in [3.8, 4) is 0 Å². The predicted octanol–water partition coefficient (Wildman–Crippen LogP) is -0.889. The molecule has 3 heterocycles. The number of hydrogen-bond acceptors (Lipinski definition) is 10. The van der Waals surface area contributed by atoms with E-state index in [1.807, 2.05) is 4.90 Å². The Bertz CT molecular complexity index is 1480. The minimum absolute atomic E-state index is 0.000193. The number of carbonyl (C=O) groups is 3. The van der Waals surface area contributed by atoms with Gasteiger partial charge in [0.1, 0.15) is 17.1 Å². The molecule has 0 aromatic carbocycles. The smallest absolute Gasteiger partial charge is 0.283 e. The van der Waals surface area contributed by atoms with Crippen LogP contribution in [0, 0.1) is 0 Å². The molecule has 0 saturated carbocycles. The maximum atomic E-state index is 12.5. The van der Waals surface area contributed by atoms with Crippen molar-refractivity contribution in [3.63, 3.8) is 0 Å². The van der Waals surface area contributed by atoms with Gasteiger partial charge in [0.2, 0.25) is 0 Å². The van der Waals surface area contributed by atoms with E-state index in [4.69, 9.17) is 0 Å². The minimum Gasteiger partial charge on any atom is -0.425 e. The molecule has 0 radical (unpaired) electrons. The summed E-state index contributed by atoms with van der Waals surface area (Å²) >= 11 is 0. The molecule has 3 rings (SSSR count). The molecule has 0 fully saturated rings. The fraction of sp³-hybridized carbons (Fsp3) is 0.269. The highest BCUT2D eigenvalue weighted by Gasteiger charge is 2.19. The third kappa shape index (κ3) is 8.17. The SMILES string of the molecule is C=C1C=CC=C(C(=O)NCCN(CCCNC(=O)c2cccc(=O)n2O)CCNC(=O)c2cccc(=O)n2O)N1O. The van der Waals surface area contributed by atoms with Crippen LogP contribution in [-0.4, -0.2) is 92.0 Å². The Labute approximate surface area is 233 Å². The zero-order valence-electron chi connectivity index (χ0n) is 22.0. The molecule has 6 N–H and O–H groups in total. The molecule has 3 amide bonds. The van der Waals surface area contributed by atoms with E-state index in [2.05, 4.69) is 22.5 Å².